The number of hydrogen-bond donors (Lipinski definition) is 0. The molecule has 2 aromatic heterocycles. The maximum Gasteiger partial charge on any atom is 0.160 e. The van der Waals surface area contributed by atoms with E-state index in [1.807, 2.05) is 17.4 Å². The molecule has 8 aromatic carbocycles. The van der Waals surface area contributed by atoms with E-state index in [9.17, 15) is 0 Å². The summed E-state index contributed by atoms with van der Waals surface area (Å²) < 4.78 is 2.63. The minimum Gasteiger partial charge on any atom is -0.228 e. The van der Waals surface area contributed by atoms with Crippen LogP contribution in [0.5, 0.6) is 0 Å². The van der Waals surface area contributed by atoms with Crippen molar-refractivity contribution in [1.29, 1.82) is 0 Å². The summed E-state index contributed by atoms with van der Waals surface area (Å²) >= 11 is 1.87. The highest BCUT2D eigenvalue weighted by Gasteiger charge is 2.41. The average molecular weight is 719 g/mol. The van der Waals surface area contributed by atoms with Gasteiger partial charge in [0.1, 0.15) is 0 Å². The Morgan fingerprint density at radius 3 is 1.98 bits per heavy atom. The molecule has 2 nitrogen and oxygen atoms in total. The summed E-state index contributed by atoms with van der Waals surface area (Å²) in [5, 5.41) is 5.21. The Balaban J connectivity index is 1.09. The Bertz CT molecular complexity index is 3110. The third-order valence-corrected chi connectivity index (χ3v) is 12.7. The summed E-state index contributed by atoms with van der Waals surface area (Å²) in [7, 11) is 0. The minimum absolute atomic E-state index is 0.295. The lowest BCUT2D eigenvalue weighted by atomic mass is 9.74. The molecule has 0 radical (unpaired) electrons. The van der Waals surface area contributed by atoms with Crippen molar-refractivity contribution in [3.8, 4) is 56.2 Å². The minimum atomic E-state index is -0.295. The van der Waals surface area contributed by atoms with Gasteiger partial charge in [-0.1, -0.05) is 158 Å². The lowest BCUT2D eigenvalue weighted by Crippen LogP contribution is -2.22. The zero-order chi connectivity index (χ0) is 36.5. The number of benzene rings is 8. The SMILES string of the molecule is CC1(c2ccccc2)c2ccccc2-c2c(-c3cc(-c4cccc(-c5ccc6sc7ccc8ccccc8c7c6c5)c4)nc(-c4ccccc4)n3)cccc21. The van der Waals surface area contributed by atoms with Gasteiger partial charge in [0.25, 0.3) is 0 Å². The molecule has 258 valence electrons. The van der Waals surface area contributed by atoms with E-state index < -0.39 is 0 Å². The van der Waals surface area contributed by atoms with E-state index in [1.165, 1.54) is 64.3 Å². The van der Waals surface area contributed by atoms with Crippen molar-refractivity contribution in [3.63, 3.8) is 0 Å². The van der Waals surface area contributed by atoms with E-state index in [-0.39, 0.29) is 5.41 Å². The van der Waals surface area contributed by atoms with Gasteiger partial charge in [-0.15, -0.1) is 11.3 Å². The second kappa shape index (κ2) is 12.4. The van der Waals surface area contributed by atoms with Gasteiger partial charge in [-0.3, -0.25) is 0 Å². The summed E-state index contributed by atoms with van der Waals surface area (Å²) in [6.07, 6.45) is 0. The molecular formula is C52H34N2S. The molecule has 55 heavy (non-hydrogen) atoms. The van der Waals surface area contributed by atoms with Crippen LogP contribution in [0.4, 0.5) is 0 Å². The van der Waals surface area contributed by atoms with Crippen LogP contribution in [0.25, 0.3) is 87.1 Å². The Kier molecular flexibility index (Phi) is 7.20. The molecule has 0 amide bonds. The summed E-state index contributed by atoms with van der Waals surface area (Å²) in [5.74, 6) is 0.714. The fourth-order valence-electron chi connectivity index (χ4n) is 8.87. The summed E-state index contributed by atoms with van der Waals surface area (Å²) in [6, 6.07) is 68.0. The Morgan fingerprint density at radius 1 is 0.436 bits per heavy atom. The second-order valence-electron chi connectivity index (χ2n) is 14.6. The topological polar surface area (TPSA) is 25.8 Å². The smallest absolute Gasteiger partial charge is 0.160 e. The molecule has 2 heterocycles. The number of rotatable bonds is 5. The molecule has 0 spiro atoms. The molecule has 0 fully saturated rings. The van der Waals surface area contributed by atoms with Crippen LogP contribution < -0.4 is 0 Å². The summed E-state index contributed by atoms with van der Waals surface area (Å²) in [5.41, 5.74) is 13.4. The Labute approximate surface area is 324 Å². The molecule has 0 bridgehead atoms. The number of thiophene rings is 1. The third kappa shape index (κ3) is 5.01. The molecular weight excluding hydrogens is 685 g/mol. The van der Waals surface area contributed by atoms with Crippen LogP contribution in [0, 0.1) is 0 Å². The first-order chi connectivity index (χ1) is 27.1. The molecule has 0 saturated heterocycles. The van der Waals surface area contributed by atoms with Crippen molar-refractivity contribution in [2.75, 3.05) is 0 Å². The quantitative estimate of drug-likeness (QED) is 0.177. The van der Waals surface area contributed by atoms with Crippen LogP contribution in [0.15, 0.2) is 188 Å². The lowest BCUT2D eigenvalue weighted by Gasteiger charge is -2.28. The molecule has 0 saturated carbocycles. The monoisotopic (exact) mass is 718 g/mol. The molecule has 1 aliphatic carbocycles. The molecule has 1 atom stereocenters. The molecule has 11 rings (SSSR count). The van der Waals surface area contributed by atoms with E-state index >= 15 is 0 Å². The highest BCUT2D eigenvalue weighted by atomic mass is 32.1. The van der Waals surface area contributed by atoms with Crippen LogP contribution >= 0.6 is 11.3 Å². The summed E-state index contributed by atoms with van der Waals surface area (Å²) in [6.45, 7) is 2.36. The van der Waals surface area contributed by atoms with Gasteiger partial charge in [-0.2, -0.15) is 0 Å². The predicted octanol–water partition coefficient (Wildman–Crippen LogP) is 14.0. The van der Waals surface area contributed by atoms with Gasteiger partial charge in [0.2, 0.25) is 0 Å². The highest BCUT2D eigenvalue weighted by molar-refractivity contribution is 7.26. The molecule has 1 aliphatic rings. The number of fused-ring (bicyclic) bond motifs is 8. The molecule has 10 aromatic rings. The van der Waals surface area contributed by atoms with E-state index in [4.69, 9.17) is 9.97 Å². The average Bonchev–Trinajstić information content (AvgIpc) is 3.77. The first kappa shape index (κ1) is 31.8. The van der Waals surface area contributed by atoms with Gasteiger partial charge in [0.15, 0.2) is 5.82 Å². The van der Waals surface area contributed by atoms with Crippen molar-refractivity contribution in [1.82, 2.24) is 9.97 Å². The normalized spacial score (nSPS) is 14.7. The van der Waals surface area contributed by atoms with E-state index in [1.54, 1.807) is 0 Å². The van der Waals surface area contributed by atoms with Gasteiger partial charge < -0.3 is 0 Å². The van der Waals surface area contributed by atoms with Crippen molar-refractivity contribution in [2.24, 2.45) is 0 Å². The zero-order valence-corrected chi connectivity index (χ0v) is 31.0. The van der Waals surface area contributed by atoms with Gasteiger partial charge in [-0.25, -0.2) is 9.97 Å². The fraction of sp³-hybridized carbons (Fsp3) is 0.0385. The second-order valence-corrected chi connectivity index (χ2v) is 15.7. The molecule has 1 unspecified atom stereocenters. The van der Waals surface area contributed by atoms with Crippen LogP contribution in [0.3, 0.4) is 0 Å². The van der Waals surface area contributed by atoms with E-state index in [0.717, 1.165) is 33.6 Å². The van der Waals surface area contributed by atoms with Crippen molar-refractivity contribution in [2.45, 2.75) is 12.3 Å². The van der Waals surface area contributed by atoms with Crippen LogP contribution in [-0.2, 0) is 5.41 Å². The maximum atomic E-state index is 5.32. The van der Waals surface area contributed by atoms with Gasteiger partial charge in [0, 0.05) is 42.3 Å². The van der Waals surface area contributed by atoms with Gasteiger partial charge in [0.05, 0.1) is 11.4 Å². The number of aromatic nitrogens is 2. The molecule has 0 N–H and O–H groups in total. The zero-order valence-electron chi connectivity index (χ0n) is 30.2. The first-order valence-electron chi connectivity index (χ1n) is 18.8. The first-order valence-corrected chi connectivity index (χ1v) is 19.6. The van der Waals surface area contributed by atoms with Crippen LogP contribution in [0.1, 0.15) is 23.6 Å². The van der Waals surface area contributed by atoms with E-state index in [0.29, 0.717) is 5.82 Å². The predicted molar refractivity (Wildman–Crippen MR) is 232 cm³/mol. The van der Waals surface area contributed by atoms with Crippen molar-refractivity contribution < 1.29 is 0 Å². The Morgan fingerprint density at radius 2 is 1.09 bits per heavy atom. The number of nitrogens with zero attached hydrogens (tertiary/aromatic N) is 2. The largest absolute Gasteiger partial charge is 0.228 e. The Hall–Kier alpha value is -6.68. The fourth-order valence-corrected chi connectivity index (χ4v) is 9.97. The number of hydrogen-bond acceptors (Lipinski definition) is 3. The van der Waals surface area contributed by atoms with Crippen LogP contribution in [0.2, 0.25) is 0 Å². The highest BCUT2D eigenvalue weighted by Crippen LogP contribution is 2.55. The van der Waals surface area contributed by atoms with Gasteiger partial charge >= 0.3 is 0 Å². The third-order valence-electron chi connectivity index (χ3n) is 11.6. The molecule has 3 heteroatoms. The molecule has 0 aliphatic heterocycles. The van der Waals surface area contributed by atoms with Crippen molar-refractivity contribution in [3.05, 3.63) is 205 Å². The summed E-state index contributed by atoms with van der Waals surface area (Å²) in [4.78, 5) is 10.6. The maximum absolute atomic E-state index is 5.32. The van der Waals surface area contributed by atoms with E-state index in [2.05, 4.69) is 189 Å². The standard InChI is InChI=1S/C52H34N2S/c1-52(38-19-6-3-7-20-38)43-24-11-10-22-40(43)49-41(23-13-25-44(49)52)46-32-45(53-51(54-46)34-15-4-2-5-16-34)37-18-12-17-35(30-37)36-27-28-47-42(31-36)50-39-21-9-8-14-33(39)26-29-48(50)55-47/h2-32H,1H3. The van der Waals surface area contributed by atoms with Gasteiger partial charge in [-0.05, 0) is 87.0 Å². The lowest BCUT2D eigenvalue weighted by molar-refractivity contribution is 0.714. The van der Waals surface area contributed by atoms with Crippen LogP contribution in [-0.4, -0.2) is 9.97 Å². The van der Waals surface area contributed by atoms with Crippen molar-refractivity contribution >= 4 is 42.3 Å².